The Morgan fingerprint density at radius 1 is 1.16 bits per heavy atom. The molecule has 0 saturated carbocycles. The molecule has 1 N–H and O–H groups in total. The number of hydrogen-bond donors (Lipinski definition) is 1. The van der Waals surface area contributed by atoms with E-state index in [0.29, 0.717) is 18.8 Å². The van der Waals surface area contributed by atoms with E-state index < -0.39 is 9.70 Å². The molecule has 0 spiro atoms. The van der Waals surface area contributed by atoms with Crippen molar-refractivity contribution in [3.05, 3.63) is 42.1 Å². The molecule has 0 unspecified atom stereocenters. The number of nitrogens with zero attached hydrogens (tertiary/aromatic N) is 3. The van der Waals surface area contributed by atoms with Crippen LogP contribution in [0, 0.1) is 0 Å². The Kier molecular flexibility index (Phi) is 6.32. The van der Waals surface area contributed by atoms with Crippen molar-refractivity contribution >= 4 is 52.4 Å². The number of amides is 2. The van der Waals surface area contributed by atoms with E-state index in [4.69, 9.17) is 34.8 Å². The van der Waals surface area contributed by atoms with Crippen molar-refractivity contribution < 1.29 is 9.59 Å². The van der Waals surface area contributed by atoms with Crippen LogP contribution in [0.1, 0.15) is 24.2 Å². The Morgan fingerprint density at radius 2 is 1.76 bits per heavy atom. The summed E-state index contributed by atoms with van der Waals surface area (Å²) in [4.78, 5) is 26.5. The lowest BCUT2D eigenvalue weighted by Crippen LogP contribution is -2.33. The maximum Gasteiger partial charge on any atom is 0.277 e. The van der Waals surface area contributed by atoms with Gasteiger partial charge in [-0.3, -0.25) is 9.59 Å². The fourth-order valence-corrected chi connectivity index (χ4v) is 2.39. The predicted molar refractivity (Wildman–Crippen MR) is 99.7 cm³/mol. The Morgan fingerprint density at radius 3 is 2.28 bits per heavy atom. The van der Waals surface area contributed by atoms with Crippen LogP contribution in [-0.2, 0) is 4.79 Å². The second kappa shape index (κ2) is 8.08. The maximum absolute atomic E-state index is 12.7. The molecule has 9 heteroatoms. The van der Waals surface area contributed by atoms with Crippen molar-refractivity contribution in [3.8, 4) is 5.69 Å². The van der Waals surface area contributed by atoms with Gasteiger partial charge < -0.3 is 10.2 Å². The summed E-state index contributed by atoms with van der Waals surface area (Å²) in [5.74, 6) is -0.991. The van der Waals surface area contributed by atoms with Crippen LogP contribution in [0.2, 0.25) is 0 Å². The van der Waals surface area contributed by atoms with Crippen LogP contribution in [0.4, 0.5) is 5.82 Å². The summed E-state index contributed by atoms with van der Waals surface area (Å²) in [5, 5.41) is 6.72. The summed E-state index contributed by atoms with van der Waals surface area (Å²) >= 11 is 16.9. The summed E-state index contributed by atoms with van der Waals surface area (Å²) in [6, 6.07) is 9.02. The summed E-state index contributed by atoms with van der Waals surface area (Å²) in [6.07, 6.45) is 1.39. The third-order valence-electron chi connectivity index (χ3n) is 3.54. The Balaban J connectivity index is 2.52. The first-order valence-corrected chi connectivity index (χ1v) is 8.73. The third kappa shape index (κ3) is 4.45. The van der Waals surface area contributed by atoms with Gasteiger partial charge >= 0.3 is 0 Å². The Bertz CT molecular complexity index is 752. The molecule has 0 saturated heterocycles. The molecule has 25 heavy (non-hydrogen) atoms. The first-order valence-electron chi connectivity index (χ1n) is 7.60. The Labute approximate surface area is 160 Å². The van der Waals surface area contributed by atoms with Crippen molar-refractivity contribution in [3.63, 3.8) is 0 Å². The number of carbonyl (C=O) groups is 2. The number of aromatic nitrogens is 2. The molecular formula is C16H17Cl3N4O2. The molecule has 0 atom stereocenters. The summed E-state index contributed by atoms with van der Waals surface area (Å²) in [6.45, 7) is 4.76. The molecule has 1 aromatic heterocycles. The quantitative estimate of drug-likeness (QED) is 0.775. The van der Waals surface area contributed by atoms with E-state index in [9.17, 15) is 9.59 Å². The number of para-hydroxylation sites is 1. The van der Waals surface area contributed by atoms with Crippen LogP contribution in [0.5, 0.6) is 0 Å². The van der Waals surface area contributed by atoms with Gasteiger partial charge in [-0.15, -0.1) is 0 Å². The standard InChI is InChI=1S/C16H17Cl3N4O2/c1-3-22(4-2)14(24)12-10-20-23(11-8-6-5-7-9-11)13(12)21-15(25)16(17,18)19/h5-10H,3-4H2,1-2H3,(H,21,25). The van der Waals surface area contributed by atoms with Crippen molar-refractivity contribution in [2.24, 2.45) is 0 Å². The molecule has 2 amide bonds. The van der Waals surface area contributed by atoms with Gasteiger partial charge in [0.05, 0.1) is 11.9 Å². The second-order valence-electron chi connectivity index (χ2n) is 5.08. The molecule has 2 rings (SSSR count). The molecular weight excluding hydrogens is 387 g/mol. The van der Waals surface area contributed by atoms with Crippen molar-refractivity contribution in [2.75, 3.05) is 18.4 Å². The number of halogens is 3. The fourth-order valence-electron chi connectivity index (χ4n) is 2.25. The van der Waals surface area contributed by atoms with Gasteiger partial charge in [-0.05, 0) is 26.0 Å². The first kappa shape index (κ1) is 19.6. The van der Waals surface area contributed by atoms with Crippen LogP contribution in [0.3, 0.4) is 0 Å². The van der Waals surface area contributed by atoms with Gasteiger partial charge in [0.1, 0.15) is 11.4 Å². The zero-order valence-corrected chi connectivity index (χ0v) is 15.9. The van der Waals surface area contributed by atoms with Gasteiger partial charge in [0.2, 0.25) is 0 Å². The van der Waals surface area contributed by atoms with Crippen LogP contribution >= 0.6 is 34.8 Å². The lowest BCUT2D eigenvalue weighted by Gasteiger charge is -2.20. The van der Waals surface area contributed by atoms with Crippen molar-refractivity contribution in [2.45, 2.75) is 17.6 Å². The highest BCUT2D eigenvalue weighted by atomic mass is 35.6. The van der Waals surface area contributed by atoms with E-state index in [1.165, 1.54) is 10.9 Å². The minimum Gasteiger partial charge on any atom is -0.339 e. The Hall–Kier alpha value is -1.76. The van der Waals surface area contributed by atoms with Crippen LogP contribution in [0.15, 0.2) is 36.5 Å². The van der Waals surface area contributed by atoms with E-state index >= 15 is 0 Å². The number of carbonyl (C=O) groups excluding carboxylic acids is 2. The number of nitrogens with one attached hydrogen (secondary N) is 1. The highest BCUT2D eigenvalue weighted by molar-refractivity contribution is 6.76. The summed E-state index contributed by atoms with van der Waals surface area (Å²) in [5.41, 5.74) is 0.871. The van der Waals surface area contributed by atoms with Crippen molar-refractivity contribution in [1.82, 2.24) is 14.7 Å². The van der Waals surface area contributed by atoms with Gasteiger partial charge in [0.25, 0.3) is 15.6 Å². The molecule has 0 radical (unpaired) electrons. The van der Waals surface area contributed by atoms with E-state index in [0.717, 1.165) is 0 Å². The van der Waals surface area contributed by atoms with Gasteiger partial charge in [0.15, 0.2) is 0 Å². The largest absolute Gasteiger partial charge is 0.339 e. The lowest BCUT2D eigenvalue weighted by molar-refractivity contribution is -0.115. The second-order valence-corrected chi connectivity index (χ2v) is 7.36. The third-order valence-corrected chi connectivity index (χ3v) is 4.06. The smallest absolute Gasteiger partial charge is 0.277 e. The number of benzene rings is 1. The number of alkyl halides is 3. The molecule has 0 aliphatic carbocycles. The molecule has 2 aromatic rings. The van der Waals surface area contributed by atoms with E-state index in [-0.39, 0.29) is 17.3 Å². The maximum atomic E-state index is 12.7. The highest BCUT2D eigenvalue weighted by Crippen LogP contribution is 2.29. The molecule has 1 aromatic carbocycles. The fraction of sp³-hybridized carbons (Fsp3) is 0.312. The highest BCUT2D eigenvalue weighted by Gasteiger charge is 2.33. The molecule has 1 heterocycles. The van der Waals surface area contributed by atoms with Crippen LogP contribution < -0.4 is 5.32 Å². The van der Waals surface area contributed by atoms with Gasteiger partial charge in [0, 0.05) is 13.1 Å². The van der Waals surface area contributed by atoms with Crippen LogP contribution in [-0.4, -0.2) is 43.4 Å². The predicted octanol–water partition coefficient (Wildman–Crippen LogP) is 3.66. The minimum atomic E-state index is -2.17. The molecule has 0 aliphatic heterocycles. The SMILES string of the molecule is CCN(CC)C(=O)c1cnn(-c2ccccc2)c1NC(=O)C(Cl)(Cl)Cl. The molecule has 0 bridgehead atoms. The van der Waals surface area contributed by atoms with E-state index in [1.54, 1.807) is 17.0 Å². The van der Waals surface area contributed by atoms with Gasteiger partial charge in [-0.25, -0.2) is 4.68 Å². The van der Waals surface area contributed by atoms with Gasteiger partial charge in [-0.1, -0.05) is 53.0 Å². The van der Waals surface area contributed by atoms with Crippen LogP contribution in [0.25, 0.3) is 5.69 Å². The topological polar surface area (TPSA) is 67.2 Å². The summed E-state index contributed by atoms with van der Waals surface area (Å²) < 4.78 is -0.744. The average molecular weight is 404 g/mol. The zero-order valence-electron chi connectivity index (χ0n) is 13.7. The number of hydrogen-bond acceptors (Lipinski definition) is 3. The normalized spacial score (nSPS) is 11.2. The summed E-state index contributed by atoms with van der Waals surface area (Å²) in [7, 11) is 0. The van der Waals surface area contributed by atoms with E-state index in [2.05, 4.69) is 10.4 Å². The monoisotopic (exact) mass is 402 g/mol. The van der Waals surface area contributed by atoms with E-state index in [1.807, 2.05) is 32.0 Å². The molecule has 134 valence electrons. The number of rotatable bonds is 5. The molecule has 0 aliphatic rings. The minimum absolute atomic E-state index is 0.152. The van der Waals surface area contributed by atoms with Crippen molar-refractivity contribution in [1.29, 1.82) is 0 Å². The molecule has 0 fully saturated rings. The average Bonchev–Trinajstić information content (AvgIpc) is 2.99. The lowest BCUT2D eigenvalue weighted by atomic mass is 10.2. The number of anilines is 1. The zero-order chi connectivity index (χ0) is 18.6. The van der Waals surface area contributed by atoms with Gasteiger partial charge in [-0.2, -0.15) is 5.10 Å². The first-order chi connectivity index (χ1) is 11.8. The molecule has 6 nitrogen and oxygen atoms in total.